The Hall–Kier alpha value is -3.01. The number of aliphatic carboxylic acids is 1. The van der Waals surface area contributed by atoms with Crippen molar-refractivity contribution in [3.63, 3.8) is 0 Å². The van der Waals surface area contributed by atoms with Crippen LogP contribution in [0.15, 0.2) is 60.8 Å². The lowest BCUT2D eigenvalue weighted by atomic mass is 10.0. The van der Waals surface area contributed by atoms with Crippen LogP contribution in [0.1, 0.15) is 348 Å². The minimum Gasteiger partial charge on any atom is -0.545 e. The van der Waals surface area contributed by atoms with Crippen LogP contribution in [0.4, 0.5) is 0 Å². The molecule has 0 fully saturated rings. The van der Waals surface area contributed by atoms with Crippen molar-refractivity contribution in [3.05, 3.63) is 60.8 Å². The van der Waals surface area contributed by atoms with Crippen LogP contribution in [0.5, 0.6) is 0 Å². The number of quaternary nitrogens is 1. The van der Waals surface area contributed by atoms with Gasteiger partial charge in [-0.15, -0.1) is 0 Å². The number of likely N-dealkylation sites (N-methyl/N-ethyl adjacent to an activating group) is 1. The van der Waals surface area contributed by atoms with Crippen molar-refractivity contribution >= 4 is 17.9 Å². The molecule has 0 saturated carbocycles. The molecule has 0 saturated heterocycles. The van der Waals surface area contributed by atoms with E-state index in [1.807, 2.05) is 21.1 Å². The molecule has 0 aromatic rings. The second kappa shape index (κ2) is 66.9. The van der Waals surface area contributed by atoms with E-state index in [4.69, 9.17) is 18.9 Å². The van der Waals surface area contributed by atoms with Gasteiger partial charge in [0.25, 0.3) is 0 Å². The van der Waals surface area contributed by atoms with Gasteiger partial charge in [0.1, 0.15) is 13.2 Å². The largest absolute Gasteiger partial charge is 0.545 e. The van der Waals surface area contributed by atoms with E-state index in [9.17, 15) is 19.5 Å². The second-order valence-electron chi connectivity index (χ2n) is 25.9. The van der Waals surface area contributed by atoms with E-state index >= 15 is 0 Å². The van der Waals surface area contributed by atoms with Gasteiger partial charge >= 0.3 is 11.9 Å². The SMILES string of the molecule is CC/C=C\C/C=C\C/C=C\C/C=C\C/C=C\CCCCCCCCCCCCCCCCCCCCCCCCCC(=O)OC(COC(=O)CCCCCCCCCCCCCCCCCCCCCCC)COC(OCC[N+](C)(C)C)C(=O)[O-]. The fourth-order valence-corrected chi connectivity index (χ4v) is 10.7. The van der Waals surface area contributed by atoms with E-state index < -0.39 is 24.3 Å². The lowest BCUT2D eigenvalue weighted by molar-refractivity contribution is -0.870. The van der Waals surface area contributed by atoms with Gasteiger partial charge in [0, 0.05) is 12.8 Å². The fraction of sp³-hybridized carbons (Fsp3) is 0.829. The van der Waals surface area contributed by atoms with E-state index in [0.717, 1.165) is 70.6 Å². The summed E-state index contributed by atoms with van der Waals surface area (Å²) in [4.78, 5) is 37.5. The zero-order valence-electron chi connectivity index (χ0n) is 56.7. The topological polar surface area (TPSA) is 111 Å². The Morgan fingerprint density at radius 2 is 0.671 bits per heavy atom. The minimum absolute atomic E-state index is 0.151. The molecule has 0 aliphatic rings. The first-order chi connectivity index (χ1) is 41.6. The Bertz CT molecular complexity index is 1580. The van der Waals surface area contributed by atoms with Crippen LogP contribution in [-0.4, -0.2) is 82.3 Å². The Morgan fingerprint density at radius 1 is 0.365 bits per heavy atom. The van der Waals surface area contributed by atoms with Gasteiger partial charge in [-0.2, -0.15) is 0 Å². The van der Waals surface area contributed by atoms with Crippen LogP contribution in [0, 0.1) is 0 Å². The maximum atomic E-state index is 12.9. The number of carboxylic acid groups (broad SMARTS) is 1. The molecular weight excluding hydrogens is 1050 g/mol. The third-order valence-corrected chi connectivity index (χ3v) is 16.3. The van der Waals surface area contributed by atoms with Crippen LogP contribution < -0.4 is 5.11 Å². The quantitative estimate of drug-likeness (QED) is 0.0195. The predicted octanol–water partition coefficient (Wildman–Crippen LogP) is 21.4. The number of ether oxygens (including phenoxy) is 4. The highest BCUT2D eigenvalue weighted by molar-refractivity contribution is 5.70. The highest BCUT2D eigenvalue weighted by Crippen LogP contribution is 2.19. The number of rotatable bonds is 68. The van der Waals surface area contributed by atoms with Crippen LogP contribution in [0.2, 0.25) is 0 Å². The normalized spacial score (nSPS) is 13.0. The molecule has 9 heteroatoms. The molecule has 0 aromatic heterocycles. The van der Waals surface area contributed by atoms with Crippen molar-refractivity contribution in [3.8, 4) is 0 Å². The standard InChI is InChI=1S/C76H139NO8/c1-6-8-10-12-14-16-18-20-22-24-26-28-29-30-31-32-33-34-35-36-37-38-39-40-41-42-43-44-45-47-49-51-53-55-57-59-61-63-65-67-74(79)85-72(71-84-76(75(80)81)82-69-68-77(3,4)5)70-83-73(78)66-64-62-60-58-56-54-52-50-48-46-27-25-23-21-19-17-15-13-11-9-7-2/h8,10,14,16,20,22,26,28,30-31,72,76H,6-7,9,11-13,15,17-19,21,23-25,27,29,32-71H2,1-5H3/b10-8-,16-14-,22-20-,28-26-,31-30-. The highest BCUT2D eigenvalue weighted by atomic mass is 16.7. The summed E-state index contributed by atoms with van der Waals surface area (Å²) in [5, 5.41) is 11.8. The van der Waals surface area contributed by atoms with Gasteiger partial charge in [0.15, 0.2) is 12.4 Å². The second-order valence-corrected chi connectivity index (χ2v) is 25.9. The number of allylic oxidation sites excluding steroid dienone is 10. The third kappa shape index (κ3) is 68.3. The molecule has 2 atom stereocenters. The molecule has 9 nitrogen and oxygen atoms in total. The van der Waals surface area contributed by atoms with Gasteiger partial charge in [0.05, 0.1) is 40.3 Å². The predicted molar refractivity (Wildman–Crippen MR) is 362 cm³/mol. The average Bonchev–Trinajstić information content (AvgIpc) is 3.49. The first-order valence-corrected chi connectivity index (χ1v) is 36.4. The Morgan fingerprint density at radius 3 is 1.00 bits per heavy atom. The van der Waals surface area contributed by atoms with Gasteiger partial charge in [-0.1, -0.05) is 338 Å². The van der Waals surface area contributed by atoms with Crippen LogP contribution in [0.25, 0.3) is 0 Å². The Labute approximate surface area is 526 Å². The first kappa shape index (κ1) is 82.0. The van der Waals surface area contributed by atoms with Gasteiger partial charge in [-0.3, -0.25) is 9.59 Å². The van der Waals surface area contributed by atoms with Crippen molar-refractivity contribution in [2.45, 2.75) is 360 Å². The monoisotopic (exact) mass is 1190 g/mol. The molecule has 0 amide bonds. The lowest BCUT2D eigenvalue weighted by Crippen LogP contribution is -2.44. The number of esters is 2. The summed E-state index contributed by atoms with van der Waals surface area (Å²) < 4.78 is 22.8. The maximum Gasteiger partial charge on any atom is 0.306 e. The number of carboxylic acids is 1. The summed E-state index contributed by atoms with van der Waals surface area (Å²) in [6.45, 7) is 4.70. The molecule has 0 spiro atoms. The number of hydrogen-bond donors (Lipinski definition) is 0. The first-order valence-electron chi connectivity index (χ1n) is 36.4. The van der Waals surface area contributed by atoms with Crippen molar-refractivity contribution in [2.75, 3.05) is 47.5 Å². The minimum atomic E-state index is -1.62. The molecule has 85 heavy (non-hydrogen) atoms. The van der Waals surface area contributed by atoms with Gasteiger partial charge in [-0.05, 0) is 57.8 Å². The molecule has 0 aliphatic carbocycles. The maximum absolute atomic E-state index is 12.9. The van der Waals surface area contributed by atoms with Gasteiger partial charge < -0.3 is 33.3 Å². The van der Waals surface area contributed by atoms with Crippen LogP contribution >= 0.6 is 0 Å². The average molecular weight is 1190 g/mol. The molecule has 0 heterocycles. The molecule has 0 aliphatic heterocycles. The molecular formula is C76H139NO8. The Balaban J connectivity index is 3.98. The molecule has 0 radical (unpaired) electrons. The summed E-state index contributed by atoms with van der Waals surface area (Å²) in [5.74, 6) is -2.25. The van der Waals surface area contributed by atoms with E-state index in [0.29, 0.717) is 17.4 Å². The molecule has 2 unspecified atom stereocenters. The van der Waals surface area contributed by atoms with Crippen molar-refractivity contribution in [1.29, 1.82) is 0 Å². The Kier molecular flexibility index (Phi) is 64.6. The fourth-order valence-electron chi connectivity index (χ4n) is 10.7. The number of carbonyl (C=O) groups excluding carboxylic acids is 3. The number of nitrogens with zero attached hydrogens (tertiary/aromatic N) is 1. The molecule has 0 N–H and O–H groups in total. The zero-order valence-corrected chi connectivity index (χ0v) is 56.7. The summed E-state index contributed by atoms with van der Waals surface area (Å²) in [7, 11) is 5.94. The van der Waals surface area contributed by atoms with Crippen LogP contribution in [0.3, 0.4) is 0 Å². The summed E-state index contributed by atoms with van der Waals surface area (Å²) in [5.41, 5.74) is 0. The zero-order chi connectivity index (χ0) is 61.9. The van der Waals surface area contributed by atoms with Crippen molar-refractivity contribution in [2.24, 2.45) is 0 Å². The summed E-state index contributed by atoms with van der Waals surface area (Å²) in [6, 6.07) is 0. The lowest BCUT2D eigenvalue weighted by Gasteiger charge is -2.26. The van der Waals surface area contributed by atoms with E-state index in [1.165, 1.54) is 250 Å². The number of unbranched alkanes of at least 4 members (excludes halogenated alkanes) is 43. The van der Waals surface area contributed by atoms with E-state index in [1.54, 1.807) is 0 Å². The molecule has 496 valence electrons. The third-order valence-electron chi connectivity index (χ3n) is 16.3. The molecule has 0 bridgehead atoms. The van der Waals surface area contributed by atoms with Gasteiger partial charge in [0.2, 0.25) is 0 Å². The van der Waals surface area contributed by atoms with Crippen molar-refractivity contribution < 1.29 is 42.9 Å². The molecule has 0 aromatic carbocycles. The van der Waals surface area contributed by atoms with Crippen LogP contribution in [-0.2, 0) is 33.3 Å². The van der Waals surface area contributed by atoms with E-state index in [-0.39, 0.29) is 32.2 Å². The number of hydrogen-bond acceptors (Lipinski definition) is 8. The smallest absolute Gasteiger partial charge is 0.306 e. The summed E-state index contributed by atoms with van der Waals surface area (Å²) in [6.07, 6.45) is 84.6. The highest BCUT2D eigenvalue weighted by Gasteiger charge is 2.22. The number of carbonyl (C=O) groups is 3. The van der Waals surface area contributed by atoms with E-state index in [2.05, 4.69) is 74.6 Å². The summed E-state index contributed by atoms with van der Waals surface area (Å²) >= 11 is 0. The van der Waals surface area contributed by atoms with Gasteiger partial charge in [-0.25, -0.2) is 0 Å². The molecule has 0 rings (SSSR count). The van der Waals surface area contributed by atoms with Crippen molar-refractivity contribution in [1.82, 2.24) is 0 Å².